The van der Waals surface area contributed by atoms with Crippen molar-refractivity contribution < 1.29 is 32.2 Å². The Balaban J connectivity index is 1.41. The van der Waals surface area contributed by atoms with E-state index in [9.17, 15) is 18.0 Å². The minimum atomic E-state index is -4.09. The Labute approximate surface area is 276 Å². The van der Waals surface area contributed by atoms with E-state index < -0.39 is 22.1 Å². The lowest BCUT2D eigenvalue weighted by Gasteiger charge is -2.46. The molecule has 2 aromatic rings. The van der Waals surface area contributed by atoms with E-state index in [2.05, 4.69) is 21.8 Å². The highest BCUT2D eigenvalue weighted by atomic mass is 35.5. The maximum Gasteiger partial charge on any atom is 0.331 e. The van der Waals surface area contributed by atoms with Gasteiger partial charge in [0.05, 0.1) is 25.5 Å². The first-order valence-corrected chi connectivity index (χ1v) is 17.9. The number of carbonyl (C=O) groups excluding carboxylic acids is 2. The highest BCUT2D eigenvalue weighted by Gasteiger charge is 2.44. The number of halogens is 1. The topological polar surface area (TPSA) is 114 Å². The minimum absolute atomic E-state index is 0.146. The lowest BCUT2D eigenvalue weighted by Crippen LogP contribution is -2.50. The molecule has 10 nitrogen and oxygen atoms in total. The molecule has 12 heteroatoms. The summed E-state index contributed by atoms with van der Waals surface area (Å²) >= 11 is 6.41. The summed E-state index contributed by atoms with van der Waals surface area (Å²) in [5, 5.41) is 0.717. The summed E-state index contributed by atoms with van der Waals surface area (Å²) in [5.41, 5.74) is 3.17. The molecule has 0 unspecified atom stereocenters. The van der Waals surface area contributed by atoms with Crippen LogP contribution in [0.2, 0.25) is 5.02 Å². The molecule has 2 aliphatic heterocycles. The number of anilines is 1. The number of amides is 1. The van der Waals surface area contributed by atoms with E-state index in [0.717, 1.165) is 37.8 Å². The molecule has 2 bridgehead atoms. The first-order chi connectivity index (χ1) is 22.1. The Morgan fingerprint density at radius 3 is 2.80 bits per heavy atom. The van der Waals surface area contributed by atoms with Crippen LogP contribution in [-0.2, 0) is 36.3 Å². The van der Waals surface area contributed by atoms with Crippen molar-refractivity contribution in [3.63, 3.8) is 0 Å². The largest absolute Gasteiger partial charge is 0.490 e. The van der Waals surface area contributed by atoms with Gasteiger partial charge in [-0.3, -0.25) is 4.79 Å². The molecule has 1 fully saturated rings. The van der Waals surface area contributed by atoms with Crippen molar-refractivity contribution in [1.29, 1.82) is 0 Å². The van der Waals surface area contributed by atoms with Crippen molar-refractivity contribution in [1.82, 2.24) is 9.03 Å². The third-order valence-electron chi connectivity index (χ3n) is 10.1. The third kappa shape index (κ3) is 6.65. The number of fused-ring (bicyclic) bond motifs is 4. The summed E-state index contributed by atoms with van der Waals surface area (Å²) in [6, 6.07) is 11.3. The van der Waals surface area contributed by atoms with E-state index in [-0.39, 0.29) is 48.6 Å². The quantitative estimate of drug-likeness (QED) is 0.369. The van der Waals surface area contributed by atoms with E-state index in [0.29, 0.717) is 36.9 Å². The predicted molar refractivity (Wildman–Crippen MR) is 176 cm³/mol. The highest BCUT2D eigenvalue weighted by Crippen LogP contribution is 2.47. The second-order valence-corrected chi connectivity index (χ2v) is 14.9. The van der Waals surface area contributed by atoms with Gasteiger partial charge in [0.25, 0.3) is 5.91 Å². The van der Waals surface area contributed by atoms with Gasteiger partial charge in [0.2, 0.25) is 0 Å². The van der Waals surface area contributed by atoms with E-state index >= 15 is 0 Å². The normalized spacial score (nSPS) is 28.5. The Bertz CT molecular complexity index is 1620. The van der Waals surface area contributed by atoms with Gasteiger partial charge in [0, 0.05) is 42.2 Å². The molecule has 1 spiro atoms. The average Bonchev–Trinajstić information content (AvgIpc) is 3.17. The van der Waals surface area contributed by atoms with Crippen LogP contribution in [0.25, 0.3) is 0 Å². The van der Waals surface area contributed by atoms with Crippen LogP contribution in [-0.4, -0.2) is 77.2 Å². The second kappa shape index (κ2) is 13.5. The molecule has 1 amide bonds. The summed E-state index contributed by atoms with van der Waals surface area (Å²) in [4.78, 5) is 27.8. The van der Waals surface area contributed by atoms with Gasteiger partial charge in [-0.25, -0.2) is 9.52 Å². The fraction of sp³-hybridized carbons (Fsp3) is 0.529. The molecule has 1 N–H and O–H groups in total. The Morgan fingerprint density at radius 2 is 2.04 bits per heavy atom. The van der Waals surface area contributed by atoms with Crippen molar-refractivity contribution in [3.05, 3.63) is 70.3 Å². The van der Waals surface area contributed by atoms with Crippen molar-refractivity contribution in [3.8, 4) is 5.75 Å². The van der Waals surface area contributed by atoms with E-state index in [1.165, 1.54) is 22.5 Å². The number of hydrogen-bond donors (Lipinski definition) is 1. The van der Waals surface area contributed by atoms with Gasteiger partial charge in [0.1, 0.15) is 12.4 Å². The number of esters is 1. The first-order valence-electron chi connectivity index (χ1n) is 16.1. The van der Waals surface area contributed by atoms with Crippen LogP contribution in [0.15, 0.2) is 48.6 Å². The predicted octanol–water partition coefficient (Wildman–Crippen LogP) is 4.65. The van der Waals surface area contributed by atoms with Crippen LogP contribution in [0.3, 0.4) is 0 Å². The van der Waals surface area contributed by atoms with Gasteiger partial charge < -0.3 is 19.1 Å². The molecule has 248 valence electrons. The molecule has 1 saturated carbocycles. The lowest BCUT2D eigenvalue weighted by molar-refractivity contribution is -0.149. The third-order valence-corrected chi connectivity index (χ3v) is 11.9. The minimum Gasteiger partial charge on any atom is -0.490 e. The number of benzene rings is 2. The number of nitrogens with zero attached hydrogens (tertiary/aromatic N) is 2. The molecule has 2 aromatic carbocycles. The number of hydrogen-bond acceptors (Lipinski definition) is 8. The number of aryl methyl sites for hydroxylation is 1. The number of carbonyl (C=O) groups is 2. The van der Waals surface area contributed by atoms with Crippen LogP contribution in [0.1, 0.15) is 60.5 Å². The molecule has 2 aliphatic carbocycles. The molecule has 6 rings (SSSR count). The number of nitrogens with one attached hydrogen (secondary N) is 1. The molecule has 2 heterocycles. The molecule has 46 heavy (non-hydrogen) atoms. The van der Waals surface area contributed by atoms with Crippen molar-refractivity contribution in [2.75, 3.05) is 51.4 Å². The maximum atomic E-state index is 13.4. The van der Waals surface area contributed by atoms with E-state index in [4.69, 9.17) is 25.8 Å². The zero-order valence-electron chi connectivity index (χ0n) is 26.4. The fourth-order valence-electron chi connectivity index (χ4n) is 7.48. The SMILES string of the molecule is CCN1CC/C=C/[C@H](OCC(=O)OC)[C@@H]2CC[C@H]2CN2C[C@@]3(CCCc4cc(Cl)ccc43)COc3ccc(cc32)C(=O)NS1(=O)=O. The van der Waals surface area contributed by atoms with Gasteiger partial charge in [-0.1, -0.05) is 36.7 Å². The summed E-state index contributed by atoms with van der Waals surface area (Å²) in [6.45, 7) is 3.77. The Kier molecular flexibility index (Phi) is 9.66. The van der Waals surface area contributed by atoms with Gasteiger partial charge in [-0.2, -0.15) is 12.7 Å². The van der Waals surface area contributed by atoms with Crippen LogP contribution in [0, 0.1) is 11.8 Å². The van der Waals surface area contributed by atoms with E-state index in [1.54, 1.807) is 25.1 Å². The zero-order valence-corrected chi connectivity index (χ0v) is 27.9. The van der Waals surface area contributed by atoms with Crippen molar-refractivity contribution >= 4 is 39.4 Å². The molecular weight excluding hydrogens is 630 g/mol. The Morgan fingerprint density at radius 1 is 1.20 bits per heavy atom. The standard InChI is InChI=1S/C34H42ClN3O7S/c1-3-38-16-5-4-8-30(44-20-32(39)43-2)27-12-9-25(27)19-37-21-34(15-6-7-23-17-26(35)11-13-28(23)34)22-45-31-14-10-24(18-29(31)37)33(40)36-46(38,41)42/h4,8,10-11,13-14,17-18,25,27,30H,3,5-7,9,12,15-16,19-22H2,1-2H3,(H,36,40)/b8-4+/t25-,27+,30-,34-/m0/s1. The van der Waals surface area contributed by atoms with Gasteiger partial charge >= 0.3 is 16.2 Å². The average molecular weight is 672 g/mol. The van der Waals surface area contributed by atoms with Crippen molar-refractivity contribution in [2.45, 2.75) is 57.0 Å². The number of rotatable bonds is 4. The maximum absolute atomic E-state index is 13.4. The van der Waals surface area contributed by atoms with Crippen LogP contribution in [0.5, 0.6) is 5.75 Å². The fourth-order valence-corrected chi connectivity index (χ4v) is 8.84. The summed E-state index contributed by atoms with van der Waals surface area (Å²) < 4.78 is 47.6. The molecule has 0 aromatic heterocycles. The summed E-state index contributed by atoms with van der Waals surface area (Å²) in [7, 11) is -2.76. The molecular formula is C34H42ClN3O7S. The molecule has 4 aliphatic rings. The lowest BCUT2D eigenvalue weighted by atomic mass is 9.68. The summed E-state index contributed by atoms with van der Waals surface area (Å²) in [5.74, 6) is -0.0745. The monoisotopic (exact) mass is 671 g/mol. The van der Waals surface area contributed by atoms with Gasteiger partial charge in [0.15, 0.2) is 0 Å². The smallest absolute Gasteiger partial charge is 0.331 e. The van der Waals surface area contributed by atoms with Gasteiger partial charge in [-0.05, 0) is 91.8 Å². The van der Waals surface area contributed by atoms with E-state index in [1.807, 2.05) is 18.2 Å². The van der Waals surface area contributed by atoms with Crippen LogP contribution in [0.4, 0.5) is 5.69 Å². The number of methoxy groups -OCH3 is 1. The zero-order chi connectivity index (χ0) is 32.5. The van der Waals surface area contributed by atoms with Crippen LogP contribution < -0.4 is 14.4 Å². The first kappa shape index (κ1) is 32.8. The van der Waals surface area contributed by atoms with Crippen molar-refractivity contribution in [2.24, 2.45) is 11.8 Å². The molecule has 4 atom stereocenters. The Hall–Kier alpha value is -3.12. The second-order valence-electron chi connectivity index (χ2n) is 12.8. The summed E-state index contributed by atoms with van der Waals surface area (Å²) in [6.07, 6.45) is 8.76. The molecule has 0 radical (unpaired) electrons. The molecule has 0 saturated heterocycles. The number of ether oxygens (including phenoxy) is 3. The highest BCUT2D eigenvalue weighted by molar-refractivity contribution is 7.87. The van der Waals surface area contributed by atoms with Gasteiger partial charge in [-0.15, -0.1) is 0 Å². The van der Waals surface area contributed by atoms with Crippen LogP contribution >= 0.6 is 11.6 Å².